The van der Waals surface area contributed by atoms with E-state index in [-0.39, 0.29) is 11.8 Å². The molecule has 0 aromatic heterocycles. The molecule has 2 aromatic carbocycles. The largest absolute Gasteiger partial charge is 0.373 e. The van der Waals surface area contributed by atoms with Crippen molar-refractivity contribution in [1.82, 2.24) is 0 Å². The maximum Gasteiger partial charge on any atom is 0.119 e. The van der Waals surface area contributed by atoms with Gasteiger partial charge in [0, 0.05) is 0 Å². The molecule has 0 spiro atoms. The van der Waals surface area contributed by atoms with Crippen LogP contribution in [-0.2, 0) is 4.74 Å². The molecule has 0 radical (unpaired) electrons. The van der Waals surface area contributed by atoms with Crippen molar-refractivity contribution in [2.75, 3.05) is 0 Å². The molecule has 0 aliphatic carbocycles. The van der Waals surface area contributed by atoms with Crippen LogP contribution in [0.25, 0.3) is 0 Å². The molecule has 2 atom stereocenters. The van der Waals surface area contributed by atoms with Gasteiger partial charge in [-0.1, -0.05) is 111 Å². The Balaban J connectivity index is 2.30. The van der Waals surface area contributed by atoms with Gasteiger partial charge in [0.25, 0.3) is 0 Å². The van der Waals surface area contributed by atoms with Crippen molar-refractivity contribution >= 4 is 13.3 Å². The van der Waals surface area contributed by atoms with Crippen LogP contribution in [0.3, 0.4) is 0 Å². The van der Waals surface area contributed by atoms with Crippen LogP contribution in [0, 0.1) is 0 Å². The minimum atomic E-state index is -1.85. The van der Waals surface area contributed by atoms with Crippen LogP contribution in [0.2, 0.25) is 13.1 Å². The standard InChI is InChI=1S/C24H34OSi/c1-5-7-10-18-22(15-6-2)25-24(21-16-11-8-12-17-21)26(3,4)23-19-13-9-14-20-23/h6,8-9,11-14,16-17,19-20,22,24H,2,5,7,10,15,18H2,1,3-4H3/t22-,24-/m0/s1. The number of ether oxygens (including phenoxy) is 1. The predicted molar refractivity (Wildman–Crippen MR) is 117 cm³/mol. The van der Waals surface area contributed by atoms with E-state index in [9.17, 15) is 0 Å². The average Bonchev–Trinajstić information content (AvgIpc) is 2.67. The van der Waals surface area contributed by atoms with Crippen molar-refractivity contribution in [2.45, 2.75) is 64.0 Å². The van der Waals surface area contributed by atoms with E-state index in [1.54, 1.807) is 0 Å². The van der Waals surface area contributed by atoms with Gasteiger partial charge in [-0.3, -0.25) is 0 Å². The fourth-order valence-corrected chi connectivity index (χ4v) is 6.47. The van der Waals surface area contributed by atoms with Crippen LogP contribution in [0.5, 0.6) is 0 Å². The highest BCUT2D eigenvalue weighted by molar-refractivity contribution is 6.90. The van der Waals surface area contributed by atoms with Crippen LogP contribution in [0.1, 0.15) is 50.3 Å². The number of hydrogen-bond donors (Lipinski definition) is 0. The van der Waals surface area contributed by atoms with Crippen LogP contribution in [0.15, 0.2) is 73.3 Å². The lowest BCUT2D eigenvalue weighted by Crippen LogP contribution is -2.49. The first kappa shape index (κ1) is 20.7. The first-order valence-corrected chi connectivity index (χ1v) is 13.0. The van der Waals surface area contributed by atoms with Crippen molar-refractivity contribution in [2.24, 2.45) is 0 Å². The van der Waals surface area contributed by atoms with E-state index in [0.717, 1.165) is 12.8 Å². The molecule has 0 aliphatic heterocycles. The molecule has 0 aliphatic rings. The Bertz CT molecular complexity index is 636. The van der Waals surface area contributed by atoms with Crippen LogP contribution in [0.4, 0.5) is 0 Å². The normalized spacial score (nSPS) is 14.0. The Morgan fingerprint density at radius 1 is 0.962 bits per heavy atom. The third-order valence-corrected chi connectivity index (χ3v) is 8.77. The first-order chi connectivity index (χ1) is 12.6. The zero-order chi connectivity index (χ0) is 18.8. The Morgan fingerprint density at radius 3 is 2.15 bits per heavy atom. The quantitative estimate of drug-likeness (QED) is 0.253. The summed E-state index contributed by atoms with van der Waals surface area (Å²) < 4.78 is 6.83. The summed E-state index contributed by atoms with van der Waals surface area (Å²) in [7, 11) is -1.85. The van der Waals surface area contributed by atoms with Crippen molar-refractivity contribution in [3.63, 3.8) is 0 Å². The van der Waals surface area contributed by atoms with Crippen molar-refractivity contribution < 1.29 is 4.74 Å². The van der Waals surface area contributed by atoms with Gasteiger partial charge in [-0.05, 0) is 18.4 Å². The summed E-state index contributed by atoms with van der Waals surface area (Å²) in [5.74, 6) is 0. The fourth-order valence-electron chi connectivity index (χ4n) is 3.55. The molecular weight excluding hydrogens is 332 g/mol. The van der Waals surface area contributed by atoms with Gasteiger partial charge in [0.1, 0.15) is 8.07 Å². The number of hydrogen-bond acceptors (Lipinski definition) is 1. The number of benzene rings is 2. The second-order valence-electron chi connectivity index (χ2n) is 7.66. The van der Waals surface area contributed by atoms with Crippen LogP contribution in [-0.4, -0.2) is 14.2 Å². The maximum absolute atomic E-state index is 6.83. The van der Waals surface area contributed by atoms with Gasteiger partial charge in [0.05, 0.1) is 11.8 Å². The van der Waals surface area contributed by atoms with E-state index in [4.69, 9.17) is 4.74 Å². The molecule has 2 rings (SSSR count). The molecule has 0 unspecified atom stereocenters. The highest BCUT2D eigenvalue weighted by Crippen LogP contribution is 2.31. The molecule has 0 bridgehead atoms. The predicted octanol–water partition coefficient (Wildman–Crippen LogP) is 6.42. The number of unbranched alkanes of at least 4 members (excludes halogenated alkanes) is 2. The molecule has 0 amide bonds. The minimum absolute atomic E-state index is 0.151. The van der Waals surface area contributed by atoms with E-state index in [1.165, 1.54) is 30.0 Å². The molecular formula is C24H34OSi. The van der Waals surface area contributed by atoms with Gasteiger partial charge >= 0.3 is 0 Å². The van der Waals surface area contributed by atoms with Gasteiger partial charge < -0.3 is 4.74 Å². The zero-order valence-corrected chi connectivity index (χ0v) is 17.7. The molecule has 0 saturated heterocycles. The van der Waals surface area contributed by atoms with E-state index in [2.05, 4.69) is 87.3 Å². The zero-order valence-electron chi connectivity index (χ0n) is 16.7. The Kier molecular flexibility index (Phi) is 8.34. The van der Waals surface area contributed by atoms with Crippen molar-refractivity contribution in [3.05, 3.63) is 78.9 Å². The minimum Gasteiger partial charge on any atom is -0.373 e. The summed E-state index contributed by atoms with van der Waals surface area (Å²) in [4.78, 5) is 0. The Hall–Kier alpha value is -1.64. The summed E-state index contributed by atoms with van der Waals surface area (Å²) in [6.07, 6.45) is 8.04. The molecule has 0 saturated carbocycles. The molecule has 0 fully saturated rings. The van der Waals surface area contributed by atoms with Crippen LogP contribution >= 0.6 is 0 Å². The van der Waals surface area contributed by atoms with Crippen molar-refractivity contribution in [3.8, 4) is 0 Å². The van der Waals surface area contributed by atoms with Gasteiger partial charge in [-0.25, -0.2) is 0 Å². The second-order valence-corrected chi connectivity index (χ2v) is 12.2. The van der Waals surface area contributed by atoms with E-state index in [1.807, 2.05) is 6.08 Å². The highest BCUT2D eigenvalue weighted by Gasteiger charge is 2.37. The van der Waals surface area contributed by atoms with E-state index in [0.29, 0.717) is 0 Å². The lowest BCUT2D eigenvalue weighted by atomic mass is 10.1. The van der Waals surface area contributed by atoms with Gasteiger partial charge in [-0.15, -0.1) is 6.58 Å². The monoisotopic (exact) mass is 366 g/mol. The summed E-state index contributed by atoms with van der Waals surface area (Å²) in [6.45, 7) is 11.1. The number of rotatable bonds is 11. The molecule has 0 N–H and O–H groups in total. The summed E-state index contributed by atoms with van der Waals surface area (Å²) in [5.41, 5.74) is 1.45. The molecule has 1 nitrogen and oxygen atoms in total. The molecule has 140 valence electrons. The fraction of sp³-hybridized carbons (Fsp3) is 0.417. The second kappa shape index (κ2) is 10.5. The van der Waals surface area contributed by atoms with Gasteiger partial charge in [0.2, 0.25) is 0 Å². The molecule has 26 heavy (non-hydrogen) atoms. The van der Waals surface area contributed by atoms with E-state index >= 15 is 0 Å². The molecule has 0 heterocycles. The smallest absolute Gasteiger partial charge is 0.119 e. The first-order valence-electron chi connectivity index (χ1n) is 9.96. The summed E-state index contributed by atoms with van der Waals surface area (Å²) in [6, 6.07) is 21.7. The SMILES string of the molecule is C=CC[C@@H](CCCCC)O[C@H](c1ccccc1)[Si](C)(C)c1ccccc1. The van der Waals surface area contributed by atoms with Gasteiger partial charge in [-0.2, -0.15) is 0 Å². The third-order valence-electron chi connectivity index (χ3n) is 5.16. The van der Waals surface area contributed by atoms with E-state index < -0.39 is 8.07 Å². The topological polar surface area (TPSA) is 9.23 Å². The average molecular weight is 367 g/mol. The molecule has 2 aromatic rings. The summed E-state index contributed by atoms with van der Waals surface area (Å²) in [5, 5.41) is 1.44. The van der Waals surface area contributed by atoms with Gasteiger partial charge in [0.15, 0.2) is 0 Å². The third kappa shape index (κ3) is 5.68. The van der Waals surface area contributed by atoms with Crippen molar-refractivity contribution in [1.29, 1.82) is 0 Å². The lowest BCUT2D eigenvalue weighted by molar-refractivity contribution is 0.0201. The maximum atomic E-state index is 6.83. The Morgan fingerprint density at radius 2 is 1.58 bits per heavy atom. The lowest BCUT2D eigenvalue weighted by Gasteiger charge is -2.36. The Labute approximate surface area is 161 Å². The van der Waals surface area contributed by atoms with Crippen LogP contribution < -0.4 is 5.19 Å². The highest BCUT2D eigenvalue weighted by atomic mass is 28.3. The molecule has 2 heteroatoms. The summed E-state index contributed by atoms with van der Waals surface area (Å²) >= 11 is 0.